The van der Waals surface area contributed by atoms with E-state index in [1.165, 1.54) is 0 Å². The smallest absolute Gasteiger partial charge is 0.274 e. The van der Waals surface area contributed by atoms with E-state index in [1.54, 1.807) is 4.68 Å². The first-order chi connectivity index (χ1) is 16.6. The Labute approximate surface area is 209 Å². The summed E-state index contributed by atoms with van der Waals surface area (Å²) in [5, 5.41) is 7.65. The van der Waals surface area contributed by atoms with E-state index in [1.807, 2.05) is 24.9 Å². The SMILES string of the molecule is Cc1cc(C(=O)N2C[C@@H]3C[C@@H](C2)[C@@H]2CCCC(=O)N[C@H](C(C)C)CC[C@@H](C)CC(=O)N2C3)nn1C. The van der Waals surface area contributed by atoms with Gasteiger partial charge in [0, 0.05) is 57.3 Å². The van der Waals surface area contributed by atoms with Crippen LogP contribution in [0.15, 0.2) is 6.07 Å². The van der Waals surface area contributed by atoms with E-state index < -0.39 is 0 Å². The molecule has 8 nitrogen and oxygen atoms in total. The summed E-state index contributed by atoms with van der Waals surface area (Å²) in [6.07, 6.45) is 5.50. The number of likely N-dealkylation sites (tertiary alicyclic amines) is 1. The molecule has 4 heterocycles. The van der Waals surface area contributed by atoms with Gasteiger partial charge in [-0.25, -0.2) is 0 Å². The molecule has 8 heteroatoms. The Hall–Kier alpha value is -2.38. The molecule has 2 bridgehead atoms. The molecule has 0 unspecified atom stereocenters. The molecule has 3 aliphatic rings. The number of hydrogen-bond donors (Lipinski definition) is 1. The van der Waals surface area contributed by atoms with Gasteiger partial charge in [0.2, 0.25) is 11.8 Å². The number of fused-ring (bicyclic) bond motifs is 4. The minimum absolute atomic E-state index is 0.0134. The fourth-order valence-corrected chi connectivity index (χ4v) is 6.30. The molecular weight excluding hydrogens is 442 g/mol. The van der Waals surface area contributed by atoms with Crippen LogP contribution >= 0.6 is 0 Å². The summed E-state index contributed by atoms with van der Waals surface area (Å²) < 4.78 is 1.74. The van der Waals surface area contributed by atoms with Crippen LogP contribution in [0.5, 0.6) is 0 Å². The first-order valence-corrected chi connectivity index (χ1v) is 13.5. The fraction of sp³-hybridized carbons (Fsp3) is 0.778. The molecule has 0 aromatic carbocycles. The average Bonchev–Trinajstić information content (AvgIpc) is 3.14. The Morgan fingerprint density at radius 2 is 1.91 bits per heavy atom. The van der Waals surface area contributed by atoms with Gasteiger partial charge in [0.1, 0.15) is 0 Å². The monoisotopic (exact) mass is 485 g/mol. The van der Waals surface area contributed by atoms with Gasteiger partial charge < -0.3 is 15.1 Å². The molecule has 0 radical (unpaired) electrons. The highest BCUT2D eigenvalue weighted by Gasteiger charge is 2.44. The largest absolute Gasteiger partial charge is 0.353 e. The van der Waals surface area contributed by atoms with Crippen LogP contribution in [0.25, 0.3) is 0 Å². The van der Waals surface area contributed by atoms with E-state index in [0.717, 1.165) is 37.8 Å². The van der Waals surface area contributed by atoms with Crippen molar-refractivity contribution in [1.29, 1.82) is 0 Å². The van der Waals surface area contributed by atoms with Crippen LogP contribution in [-0.4, -0.2) is 69.0 Å². The van der Waals surface area contributed by atoms with Crippen LogP contribution in [0.2, 0.25) is 0 Å². The van der Waals surface area contributed by atoms with Crippen LogP contribution < -0.4 is 5.32 Å². The summed E-state index contributed by atoms with van der Waals surface area (Å²) >= 11 is 0. The fourth-order valence-electron chi connectivity index (χ4n) is 6.30. The molecule has 0 spiro atoms. The summed E-state index contributed by atoms with van der Waals surface area (Å²) in [6, 6.07) is 2.10. The zero-order valence-electron chi connectivity index (χ0n) is 22.1. The van der Waals surface area contributed by atoms with Crippen molar-refractivity contribution in [2.45, 2.75) is 84.7 Å². The standard InChI is InChI=1S/C27H43N5O3/c1-17(2)22-10-9-18(3)11-26(34)32-15-20-13-21(24(32)7-6-8-25(33)28-22)16-31(14-20)27(35)23-12-19(4)30(5)29-23/h12,17-18,20-22,24H,6-11,13-16H2,1-5H3,(H,28,33)/t18-,20+,21+,22+,24+/m1/s1. The van der Waals surface area contributed by atoms with Gasteiger partial charge in [0.05, 0.1) is 0 Å². The molecule has 1 aromatic rings. The quantitative estimate of drug-likeness (QED) is 0.697. The lowest BCUT2D eigenvalue weighted by Crippen LogP contribution is -2.60. The van der Waals surface area contributed by atoms with Crippen LogP contribution in [0, 0.1) is 30.6 Å². The van der Waals surface area contributed by atoms with Crippen LogP contribution in [0.3, 0.4) is 0 Å². The molecule has 1 aromatic heterocycles. The summed E-state index contributed by atoms with van der Waals surface area (Å²) in [7, 11) is 1.86. The average molecular weight is 486 g/mol. The number of aromatic nitrogens is 2. The Balaban J connectivity index is 1.51. The van der Waals surface area contributed by atoms with Gasteiger partial charge in [0.15, 0.2) is 5.69 Å². The minimum Gasteiger partial charge on any atom is -0.353 e. The maximum atomic E-state index is 13.5. The van der Waals surface area contributed by atoms with Crippen molar-refractivity contribution in [3.63, 3.8) is 0 Å². The van der Waals surface area contributed by atoms with Crippen molar-refractivity contribution in [3.8, 4) is 0 Å². The van der Waals surface area contributed by atoms with E-state index in [2.05, 4.69) is 36.1 Å². The highest BCUT2D eigenvalue weighted by Crippen LogP contribution is 2.37. The molecule has 194 valence electrons. The summed E-state index contributed by atoms with van der Waals surface area (Å²) in [5.74, 6) is 1.55. The van der Waals surface area contributed by atoms with Crippen LogP contribution in [0.4, 0.5) is 0 Å². The number of rotatable bonds is 2. The molecule has 0 saturated carbocycles. The third-order valence-corrected chi connectivity index (χ3v) is 8.46. The molecule has 0 aliphatic carbocycles. The van der Waals surface area contributed by atoms with Crippen molar-refractivity contribution in [2.24, 2.45) is 30.7 Å². The van der Waals surface area contributed by atoms with E-state index in [0.29, 0.717) is 50.0 Å². The second-order valence-corrected chi connectivity index (χ2v) is 11.7. The number of nitrogens with zero attached hydrogens (tertiary/aromatic N) is 4. The summed E-state index contributed by atoms with van der Waals surface area (Å²) in [5.41, 5.74) is 1.46. The molecule has 5 atom stereocenters. The Kier molecular flexibility index (Phi) is 7.86. The molecular formula is C27H43N5O3. The van der Waals surface area contributed by atoms with E-state index >= 15 is 0 Å². The maximum Gasteiger partial charge on any atom is 0.274 e. The van der Waals surface area contributed by atoms with Gasteiger partial charge in [-0.2, -0.15) is 5.10 Å². The van der Waals surface area contributed by atoms with Crippen LogP contribution in [0.1, 0.15) is 81.9 Å². The number of carbonyl (C=O) groups is 3. The lowest BCUT2D eigenvalue weighted by Gasteiger charge is -2.51. The second kappa shape index (κ2) is 10.7. The van der Waals surface area contributed by atoms with Crippen LogP contribution in [-0.2, 0) is 16.6 Å². The number of nitrogens with one attached hydrogen (secondary N) is 1. The number of aryl methyl sites for hydroxylation is 2. The van der Waals surface area contributed by atoms with Crippen molar-refractivity contribution in [2.75, 3.05) is 19.6 Å². The molecule has 35 heavy (non-hydrogen) atoms. The van der Waals surface area contributed by atoms with Gasteiger partial charge in [-0.1, -0.05) is 20.8 Å². The second-order valence-electron chi connectivity index (χ2n) is 11.7. The van der Waals surface area contributed by atoms with Gasteiger partial charge in [-0.05, 0) is 68.8 Å². The minimum atomic E-state index is -0.0134. The van der Waals surface area contributed by atoms with E-state index in [-0.39, 0.29) is 41.6 Å². The first kappa shape index (κ1) is 25.7. The predicted molar refractivity (Wildman–Crippen MR) is 135 cm³/mol. The number of carbonyl (C=O) groups excluding carboxylic acids is 3. The zero-order chi connectivity index (χ0) is 25.3. The van der Waals surface area contributed by atoms with Crippen molar-refractivity contribution < 1.29 is 14.4 Å². The Bertz CT molecular complexity index is 922. The zero-order valence-corrected chi connectivity index (χ0v) is 22.1. The summed E-state index contributed by atoms with van der Waals surface area (Å²) in [6.45, 7) is 10.4. The molecule has 4 rings (SSSR count). The van der Waals surface area contributed by atoms with Gasteiger partial charge in [0.25, 0.3) is 5.91 Å². The van der Waals surface area contributed by atoms with E-state index in [9.17, 15) is 14.4 Å². The normalized spacial score (nSPS) is 30.7. The van der Waals surface area contributed by atoms with E-state index in [4.69, 9.17) is 0 Å². The Morgan fingerprint density at radius 3 is 2.60 bits per heavy atom. The van der Waals surface area contributed by atoms with Gasteiger partial charge >= 0.3 is 0 Å². The molecule has 3 amide bonds. The molecule has 3 saturated heterocycles. The predicted octanol–water partition coefficient (Wildman–Crippen LogP) is 3.15. The number of piperidine rings is 2. The lowest BCUT2D eigenvalue weighted by atomic mass is 9.77. The third kappa shape index (κ3) is 5.89. The number of hydrogen-bond acceptors (Lipinski definition) is 4. The third-order valence-electron chi connectivity index (χ3n) is 8.46. The summed E-state index contributed by atoms with van der Waals surface area (Å²) in [4.78, 5) is 43.5. The lowest BCUT2D eigenvalue weighted by molar-refractivity contribution is -0.141. The van der Waals surface area contributed by atoms with Gasteiger partial charge in [-0.15, -0.1) is 0 Å². The van der Waals surface area contributed by atoms with Crippen molar-refractivity contribution in [1.82, 2.24) is 24.9 Å². The van der Waals surface area contributed by atoms with Crippen molar-refractivity contribution in [3.05, 3.63) is 17.5 Å². The van der Waals surface area contributed by atoms with Gasteiger partial charge in [-0.3, -0.25) is 19.1 Å². The number of amides is 3. The molecule has 3 aliphatic heterocycles. The first-order valence-electron chi connectivity index (χ1n) is 13.5. The Morgan fingerprint density at radius 1 is 1.14 bits per heavy atom. The van der Waals surface area contributed by atoms with Crippen molar-refractivity contribution >= 4 is 17.7 Å². The maximum absolute atomic E-state index is 13.5. The topological polar surface area (TPSA) is 87.5 Å². The highest BCUT2D eigenvalue weighted by atomic mass is 16.2. The molecule has 3 fully saturated rings. The highest BCUT2D eigenvalue weighted by molar-refractivity contribution is 5.92. The molecule has 1 N–H and O–H groups in total.